The van der Waals surface area contributed by atoms with Gasteiger partial charge in [0.2, 0.25) is 5.91 Å². The Balaban J connectivity index is 2.04. The Bertz CT molecular complexity index is 1150. The number of hydrogen-bond acceptors (Lipinski definition) is 6. The number of ether oxygens (including phenoxy) is 2. The molecule has 0 saturated carbocycles. The van der Waals surface area contributed by atoms with Crippen molar-refractivity contribution in [2.75, 3.05) is 13.2 Å². The van der Waals surface area contributed by atoms with Gasteiger partial charge in [0.05, 0.1) is 31.1 Å². The molecule has 33 heavy (non-hydrogen) atoms. The fourth-order valence-corrected chi connectivity index (χ4v) is 3.83. The number of benzene rings is 3. The summed E-state index contributed by atoms with van der Waals surface area (Å²) in [6.45, 7) is 3.35. The van der Waals surface area contributed by atoms with Crippen molar-refractivity contribution in [3.63, 3.8) is 0 Å². The van der Waals surface area contributed by atoms with Gasteiger partial charge in [-0.1, -0.05) is 48.5 Å². The fourth-order valence-electron chi connectivity index (χ4n) is 3.83. The zero-order valence-electron chi connectivity index (χ0n) is 18.5. The first kappa shape index (κ1) is 23.7. The third-order valence-corrected chi connectivity index (χ3v) is 5.28. The van der Waals surface area contributed by atoms with Crippen LogP contribution in [0.4, 0.5) is 0 Å². The van der Waals surface area contributed by atoms with Crippen LogP contribution in [0.15, 0.2) is 54.6 Å². The van der Waals surface area contributed by atoms with Gasteiger partial charge in [0.15, 0.2) is 0 Å². The number of nitrogens with two attached hydrogens (primary N) is 1. The summed E-state index contributed by atoms with van der Waals surface area (Å²) in [5.41, 5.74) is 5.90. The van der Waals surface area contributed by atoms with Crippen molar-refractivity contribution in [2.24, 2.45) is 11.7 Å². The summed E-state index contributed by atoms with van der Waals surface area (Å²) >= 11 is 0. The molecule has 2 amide bonds. The fraction of sp³-hybridized carbons (Fsp3) is 0.280. The summed E-state index contributed by atoms with van der Waals surface area (Å²) in [5, 5.41) is 5.61. The highest BCUT2D eigenvalue weighted by atomic mass is 16.5. The first-order valence-electron chi connectivity index (χ1n) is 10.7. The molecule has 3 rings (SSSR count). The van der Waals surface area contributed by atoms with E-state index in [9.17, 15) is 19.2 Å². The van der Waals surface area contributed by atoms with E-state index in [1.165, 1.54) is 0 Å². The molecule has 3 N–H and O–H groups in total. The van der Waals surface area contributed by atoms with Crippen LogP contribution in [0, 0.1) is 5.92 Å². The SMILES string of the molecule is CCOC(=O)C[C@@H](C(=O)OCC)[C@@H](NC(=O)c1c2ccccc2cc2ccccc12)C(N)=O. The van der Waals surface area contributed by atoms with Crippen molar-refractivity contribution in [1.82, 2.24) is 5.32 Å². The number of amides is 2. The van der Waals surface area contributed by atoms with Crippen LogP contribution in [0.3, 0.4) is 0 Å². The number of esters is 2. The number of carbonyl (C=O) groups excluding carboxylic acids is 4. The molecular formula is C25H26N2O6. The van der Waals surface area contributed by atoms with Gasteiger partial charge < -0.3 is 20.5 Å². The van der Waals surface area contributed by atoms with Gasteiger partial charge in [-0.3, -0.25) is 19.2 Å². The van der Waals surface area contributed by atoms with Crippen LogP contribution >= 0.6 is 0 Å². The highest BCUT2D eigenvalue weighted by Crippen LogP contribution is 2.29. The molecule has 0 aliphatic rings. The standard InChI is InChI=1S/C25H26N2O6/c1-3-32-20(28)14-19(25(31)33-4-2)22(23(26)29)27-24(30)21-17-11-7-5-9-15(17)13-16-10-6-8-12-18(16)21/h5-13,19,22H,3-4,14H2,1-2H3,(H2,26,29)(H,27,30)/t19-,22-/m1/s1. The van der Waals surface area contributed by atoms with Gasteiger partial charge in [-0.2, -0.15) is 0 Å². The first-order valence-corrected chi connectivity index (χ1v) is 10.7. The maximum Gasteiger partial charge on any atom is 0.312 e. The predicted molar refractivity (Wildman–Crippen MR) is 123 cm³/mol. The normalized spacial score (nSPS) is 12.7. The molecule has 0 radical (unpaired) electrons. The number of fused-ring (bicyclic) bond motifs is 2. The molecule has 0 spiro atoms. The highest BCUT2D eigenvalue weighted by Gasteiger charge is 2.37. The summed E-state index contributed by atoms with van der Waals surface area (Å²) in [4.78, 5) is 50.5. The lowest BCUT2D eigenvalue weighted by molar-refractivity contribution is -0.156. The second kappa shape index (κ2) is 10.6. The molecule has 3 aromatic rings. The van der Waals surface area contributed by atoms with Gasteiger partial charge >= 0.3 is 11.9 Å². The predicted octanol–water partition coefficient (Wildman–Crippen LogP) is 2.71. The van der Waals surface area contributed by atoms with Gasteiger partial charge in [-0.15, -0.1) is 0 Å². The molecule has 0 heterocycles. The lowest BCUT2D eigenvalue weighted by atomic mass is 9.93. The average Bonchev–Trinajstić information content (AvgIpc) is 2.79. The van der Waals surface area contributed by atoms with E-state index in [2.05, 4.69) is 5.32 Å². The number of carbonyl (C=O) groups is 4. The zero-order valence-corrected chi connectivity index (χ0v) is 18.5. The molecule has 0 saturated heterocycles. The maximum absolute atomic E-state index is 13.5. The topological polar surface area (TPSA) is 125 Å². The number of primary amides is 1. The monoisotopic (exact) mass is 450 g/mol. The molecule has 172 valence electrons. The van der Waals surface area contributed by atoms with E-state index in [-0.39, 0.29) is 13.2 Å². The molecule has 0 aliphatic carbocycles. The Morgan fingerprint density at radius 2 is 1.42 bits per heavy atom. The van der Waals surface area contributed by atoms with E-state index in [0.717, 1.165) is 10.8 Å². The van der Waals surface area contributed by atoms with Crippen LogP contribution in [0.25, 0.3) is 21.5 Å². The van der Waals surface area contributed by atoms with Crippen LogP contribution in [-0.2, 0) is 23.9 Å². The molecule has 0 bridgehead atoms. The molecule has 8 nitrogen and oxygen atoms in total. The lowest BCUT2D eigenvalue weighted by Crippen LogP contribution is -2.52. The summed E-state index contributed by atoms with van der Waals surface area (Å²) in [5.74, 6) is -4.41. The molecule has 0 aromatic heterocycles. The third kappa shape index (κ3) is 5.28. The van der Waals surface area contributed by atoms with Crippen molar-refractivity contribution in [1.29, 1.82) is 0 Å². The lowest BCUT2D eigenvalue weighted by Gasteiger charge is -2.24. The Labute approximate surface area is 191 Å². The minimum atomic E-state index is -1.47. The summed E-state index contributed by atoms with van der Waals surface area (Å²) in [7, 11) is 0. The van der Waals surface area contributed by atoms with Crippen LogP contribution in [-0.4, -0.2) is 43.0 Å². The van der Waals surface area contributed by atoms with E-state index in [4.69, 9.17) is 15.2 Å². The largest absolute Gasteiger partial charge is 0.466 e. The minimum absolute atomic E-state index is 0.0333. The Kier molecular flexibility index (Phi) is 7.61. The molecule has 0 aliphatic heterocycles. The van der Waals surface area contributed by atoms with Crippen molar-refractivity contribution >= 4 is 45.3 Å². The number of hydrogen-bond donors (Lipinski definition) is 2. The van der Waals surface area contributed by atoms with Crippen LogP contribution < -0.4 is 11.1 Å². The van der Waals surface area contributed by atoms with Gasteiger partial charge in [0, 0.05) is 0 Å². The van der Waals surface area contributed by atoms with Crippen molar-refractivity contribution < 1.29 is 28.7 Å². The Morgan fingerprint density at radius 3 is 1.94 bits per heavy atom. The first-order chi connectivity index (χ1) is 15.9. The van der Waals surface area contributed by atoms with E-state index in [0.29, 0.717) is 16.3 Å². The van der Waals surface area contributed by atoms with E-state index in [1.54, 1.807) is 26.0 Å². The Hall–Kier alpha value is -3.94. The zero-order chi connectivity index (χ0) is 24.0. The minimum Gasteiger partial charge on any atom is -0.466 e. The van der Waals surface area contributed by atoms with Crippen LogP contribution in [0.2, 0.25) is 0 Å². The quantitative estimate of drug-likeness (QED) is 0.381. The van der Waals surface area contributed by atoms with Crippen molar-refractivity contribution in [2.45, 2.75) is 26.3 Å². The van der Waals surface area contributed by atoms with E-state index in [1.807, 2.05) is 42.5 Å². The van der Waals surface area contributed by atoms with Gasteiger partial charge in [-0.05, 0) is 41.5 Å². The molecule has 0 unspecified atom stereocenters. The second-order valence-corrected chi connectivity index (χ2v) is 7.42. The van der Waals surface area contributed by atoms with Crippen molar-refractivity contribution in [3.05, 3.63) is 60.2 Å². The molecule has 3 aromatic carbocycles. The second-order valence-electron chi connectivity index (χ2n) is 7.42. The Morgan fingerprint density at radius 1 is 0.879 bits per heavy atom. The van der Waals surface area contributed by atoms with Gasteiger partial charge in [0.1, 0.15) is 6.04 Å². The van der Waals surface area contributed by atoms with E-state index >= 15 is 0 Å². The maximum atomic E-state index is 13.5. The third-order valence-electron chi connectivity index (χ3n) is 5.28. The number of rotatable bonds is 9. The molecular weight excluding hydrogens is 424 g/mol. The molecule has 2 atom stereocenters. The van der Waals surface area contributed by atoms with Crippen LogP contribution in [0.5, 0.6) is 0 Å². The summed E-state index contributed by atoms with van der Waals surface area (Å²) in [6.07, 6.45) is -0.461. The van der Waals surface area contributed by atoms with Crippen molar-refractivity contribution in [3.8, 4) is 0 Å². The highest BCUT2D eigenvalue weighted by molar-refractivity contribution is 6.18. The summed E-state index contributed by atoms with van der Waals surface area (Å²) < 4.78 is 9.96. The smallest absolute Gasteiger partial charge is 0.312 e. The molecule has 0 fully saturated rings. The number of nitrogens with one attached hydrogen (secondary N) is 1. The van der Waals surface area contributed by atoms with Gasteiger partial charge in [0.25, 0.3) is 5.91 Å². The summed E-state index contributed by atoms with van der Waals surface area (Å²) in [6, 6.07) is 15.2. The average molecular weight is 450 g/mol. The molecule has 8 heteroatoms. The van der Waals surface area contributed by atoms with Crippen LogP contribution in [0.1, 0.15) is 30.6 Å². The van der Waals surface area contributed by atoms with Gasteiger partial charge in [-0.25, -0.2) is 0 Å². The van der Waals surface area contributed by atoms with E-state index < -0.39 is 42.1 Å².